The second kappa shape index (κ2) is 6.53. The number of piperidine rings is 1. The molecule has 1 saturated heterocycles. The predicted molar refractivity (Wildman–Crippen MR) is 69.6 cm³/mol. The lowest BCUT2D eigenvalue weighted by Gasteiger charge is -2.39. The molecule has 3 unspecified atom stereocenters. The van der Waals surface area contributed by atoms with E-state index in [0.29, 0.717) is 0 Å². The van der Waals surface area contributed by atoms with Crippen LogP contribution < -0.4 is 0 Å². The van der Waals surface area contributed by atoms with Crippen LogP contribution in [0.4, 0.5) is 0 Å². The standard InChI is InChI=1S/C14H25NO3/c1-18-11-6-5-9-15(10-11)13-8-4-2-3-7-12(13)14(16)17/h11-13H,2-10H2,1H3,(H,16,17). The van der Waals surface area contributed by atoms with E-state index in [0.717, 1.165) is 45.2 Å². The third-order valence-electron chi connectivity index (χ3n) is 4.51. The van der Waals surface area contributed by atoms with Crippen LogP contribution in [-0.4, -0.2) is 48.3 Å². The highest BCUT2D eigenvalue weighted by molar-refractivity contribution is 5.70. The first-order chi connectivity index (χ1) is 8.72. The quantitative estimate of drug-likeness (QED) is 0.785. The maximum Gasteiger partial charge on any atom is 0.308 e. The number of hydrogen-bond acceptors (Lipinski definition) is 3. The molecular weight excluding hydrogens is 230 g/mol. The number of carbonyl (C=O) groups is 1. The molecule has 2 aliphatic rings. The largest absolute Gasteiger partial charge is 0.481 e. The van der Waals surface area contributed by atoms with E-state index >= 15 is 0 Å². The Kier molecular flexibility index (Phi) is 5.01. The Morgan fingerprint density at radius 2 is 1.94 bits per heavy atom. The fourth-order valence-corrected chi connectivity index (χ4v) is 3.47. The van der Waals surface area contributed by atoms with Gasteiger partial charge in [0, 0.05) is 19.7 Å². The number of ether oxygens (including phenoxy) is 1. The zero-order valence-electron chi connectivity index (χ0n) is 11.3. The zero-order chi connectivity index (χ0) is 13.0. The van der Waals surface area contributed by atoms with Gasteiger partial charge in [-0.15, -0.1) is 0 Å². The maximum atomic E-state index is 11.5. The lowest BCUT2D eigenvalue weighted by molar-refractivity contribution is -0.145. The molecule has 2 fully saturated rings. The summed E-state index contributed by atoms with van der Waals surface area (Å²) in [6, 6.07) is 0.225. The summed E-state index contributed by atoms with van der Waals surface area (Å²) < 4.78 is 5.45. The fourth-order valence-electron chi connectivity index (χ4n) is 3.47. The van der Waals surface area contributed by atoms with Crippen LogP contribution in [-0.2, 0) is 9.53 Å². The molecule has 2 rings (SSSR count). The molecule has 0 amide bonds. The topological polar surface area (TPSA) is 49.8 Å². The van der Waals surface area contributed by atoms with Crippen LogP contribution in [0, 0.1) is 5.92 Å². The molecule has 104 valence electrons. The summed E-state index contributed by atoms with van der Waals surface area (Å²) in [5, 5.41) is 9.43. The van der Waals surface area contributed by atoms with Gasteiger partial charge in [0.25, 0.3) is 0 Å². The van der Waals surface area contributed by atoms with Crippen molar-refractivity contribution in [2.24, 2.45) is 5.92 Å². The number of carboxylic acid groups (broad SMARTS) is 1. The Morgan fingerprint density at radius 1 is 1.17 bits per heavy atom. The third-order valence-corrected chi connectivity index (χ3v) is 4.51. The SMILES string of the molecule is COC1CCCN(C2CCCCCC2C(=O)O)C1. The van der Waals surface area contributed by atoms with E-state index in [1.165, 1.54) is 12.8 Å². The molecule has 3 atom stereocenters. The van der Waals surface area contributed by atoms with E-state index in [2.05, 4.69) is 4.90 Å². The van der Waals surface area contributed by atoms with Crippen molar-refractivity contribution in [2.45, 2.75) is 57.1 Å². The Bertz CT molecular complexity index is 282. The Balaban J connectivity index is 2.04. The molecule has 4 nitrogen and oxygen atoms in total. The minimum Gasteiger partial charge on any atom is -0.481 e. The highest BCUT2D eigenvalue weighted by Gasteiger charge is 2.35. The van der Waals surface area contributed by atoms with E-state index in [4.69, 9.17) is 4.74 Å². The van der Waals surface area contributed by atoms with Gasteiger partial charge in [-0.25, -0.2) is 0 Å². The van der Waals surface area contributed by atoms with Gasteiger partial charge in [-0.2, -0.15) is 0 Å². The van der Waals surface area contributed by atoms with Crippen molar-refractivity contribution in [3.8, 4) is 0 Å². The molecule has 1 heterocycles. The highest BCUT2D eigenvalue weighted by atomic mass is 16.5. The van der Waals surface area contributed by atoms with Crippen LogP contribution >= 0.6 is 0 Å². The zero-order valence-corrected chi connectivity index (χ0v) is 11.3. The molecule has 1 saturated carbocycles. The summed E-state index contributed by atoms with van der Waals surface area (Å²) in [7, 11) is 1.76. The number of rotatable bonds is 3. The lowest BCUT2D eigenvalue weighted by Crippen LogP contribution is -2.49. The first-order valence-electron chi connectivity index (χ1n) is 7.22. The van der Waals surface area contributed by atoms with Crippen molar-refractivity contribution in [3.05, 3.63) is 0 Å². The van der Waals surface area contributed by atoms with E-state index < -0.39 is 5.97 Å². The summed E-state index contributed by atoms with van der Waals surface area (Å²) in [6.45, 7) is 1.94. The van der Waals surface area contributed by atoms with Crippen molar-refractivity contribution >= 4 is 5.97 Å². The molecule has 0 aromatic heterocycles. The van der Waals surface area contributed by atoms with Gasteiger partial charge < -0.3 is 9.84 Å². The molecule has 4 heteroatoms. The van der Waals surface area contributed by atoms with Crippen molar-refractivity contribution in [1.29, 1.82) is 0 Å². The van der Waals surface area contributed by atoms with Gasteiger partial charge in [-0.3, -0.25) is 9.69 Å². The van der Waals surface area contributed by atoms with Crippen LogP contribution in [0.2, 0.25) is 0 Å². The van der Waals surface area contributed by atoms with E-state index in [1.807, 2.05) is 0 Å². The van der Waals surface area contributed by atoms with Crippen LogP contribution in [0.15, 0.2) is 0 Å². The average molecular weight is 255 g/mol. The third kappa shape index (κ3) is 3.23. The van der Waals surface area contributed by atoms with E-state index in [-0.39, 0.29) is 18.1 Å². The first kappa shape index (κ1) is 13.8. The summed E-state index contributed by atoms with van der Waals surface area (Å²) in [4.78, 5) is 13.8. The number of aliphatic carboxylic acids is 1. The number of nitrogens with zero attached hydrogens (tertiary/aromatic N) is 1. The van der Waals surface area contributed by atoms with Crippen LogP contribution in [0.5, 0.6) is 0 Å². The van der Waals surface area contributed by atoms with Crippen molar-refractivity contribution in [3.63, 3.8) is 0 Å². The molecule has 18 heavy (non-hydrogen) atoms. The smallest absolute Gasteiger partial charge is 0.308 e. The second-order valence-electron chi connectivity index (χ2n) is 5.64. The normalized spacial score (nSPS) is 35.1. The molecule has 0 aromatic carbocycles. The summed E-state index contributed by atoms with van der Waals surface area (Å²) in [5.41, 5.74) is 0. The van der Waals surface area contributed by atoms with Gasteiger partial charge in [0.15, 0.2) is 0 Å². The van der Waals surface area contributed by atoms with Crippen LogP contribution in [0.3, 0.4) is 0 Å². The predicted octanol–water partition coefficient (Wildman–Crippen LogP) is 2.13. The summed E-state index contributed by atoms with van der Waals surface area (Å²) >= 11 is 0. The molecule has 1 N–H and O–H groups in total. The number of hydrogen-bond donors (Lipinski definition) is 1. The number of methoxy groups -OCH3 is 1. The Hall–Kier alpha value is -0.610. The van der Waals surface area contributed by atoms with Gasteiger partial charge in [0.1, 0.15) is 0 Å². The van der Waals surface area contributed by atoms with Crippen LogP contribution in [0.1, 0.15) is 44.9 Å². The molecule has 0 aromatic rings. The van der Waals surface area contributed by atoms with Gasteiger partial charge in [0.05, 0.1) is 12.0 Å². The van der Waals surface area contributed by atoms with Gasteiger partial charge in [-0.05, 0) is 32.2 Å². The molecule has 1 aliphatic carbocycles. The van der Waals surface area contributed by atoms with Gasteiger partial charge >= 0.3 is 5.97 Å². The number of likely N-dealkylation sites (tertiary alicyclic amines) is 1. The summed E-state index contributed by atoms with van der Waals surface area (Å²) in [5.74, 6) is -0.787. The highest BCUT2D eigenvalue weighted by Crippen LogP contribution is 2.30. The van der Waals surface area contributed by atoms with E-state index in [9.17, 15) is 9.90 Å². The van der Waals surface area contributed by atoms with Crippen molar-refractivity contribution in [1.82, 2.24) is 4.90 Å². The molecule has 0 bridgehead atoms. The summed E-state index contributed by atoms with van der Waals surface area (Å²) in [6.07, 6.45) is 7.82. The maximum absolute atomic E-state index is 11.5. The lowest BCUT2D eigenvalue weighted by atomic mass is 9.91. The van der Waals surface area contributed by atoms with Crippen molar-refractivity contribution < 1.29 is 14.6 Å². The molecule has 0 radical (unpaired) electrons. The Morgan fingerprint density at radius 3 is 2.67 bits per heavy atom. The Labute approximate surface area is 109 Å². The second-order valence-corrected chi connectivity index (χ2v) is 5.64. The minimum atomic E-state index is -0.610. The molecular formula is C14H25NO3. The van der Waals surface area contributed by atoms with Crippen molar-refractivity contribution in [2.75, 3.05) is 20.2 Å². The monoisotopic (exact) mass is 255 g/mol. The van der Waals surface area contributed by atoms with Crippen LogP contribution in [0.25, 0.3) is 0 Å². The molecule has 1 aliphatic heterocycles. The average Bonchev–Trinajstić information content (AvgIpc) is 2.64. The minimum absolute atomic E-state index is 0.178. The van der Waals surface area contributed by atoms with Gasteiger partial charge in [0.2, 0.25) is 0 Å². The fraction of sp³-hybridized carbons (Fsp3) is 0.929. The van der Waals surface area contributed by atoms with Gasteiger partial charge in [-0.1, -0.05) is 19.3 Å². The molecule has 0 spiro atoms. The first-order valence-corrected chi connectivity index (χ1v) is 7.22. The number of carboxylic acids is 1. The van der Waals surface area contributed by atoms with E-state index in [1.54, 1.807) is 7.11 Å².